The van der Waals surface area contributed by atoms with Gasteiger partial charge in [0.25, 0.3) is 0 Å². The number of nitrogens with zero attached hydrogens (tertiary/aromatic N) is 3. The number of piperazine rings is 1. The third kappa shape index (κ3) is 7.90. The van der Waals surface area contributed by atoms with Crippen LogP contribution in [0.1, 0.15) is 19.3 Å². The molecule has 0 aromatic rings. The number of nitrogens with one attached hydrogen (secondary N) is 2. The smallest absolute Gasteiger partial charge is 0.191 e. The molecule has 0 radical (unpaired) electrons. The van der Waals surface area contributed by atoms with Crippen molar-refractivity contribution in [3.8, 4) is 0 Å². The zero-order valence-corrected chi connectivity index (χ0v) is 16.3. The van der Waals surface area contributed by atoms with Gasteiger partial charge in [0.05, 0.1) is 0 Å². The highest BCUT2D eigenvalue weighted by Gasteiger charge is 2.22. The molecule has 2 rings (SSSR count). The summed E-state index contributed by atoms with van der Waals surface area (Å²) in [5.41, 5.74) is 0. The highest BCUT2D eigenvalue weighted by Crippen LogP contribution is 2.14. The maximum absolute atomic E-state index is 5.80. The van der Waals surface area contributed by atoms with E-state index >= 15 is 0 Å². The summed E-state index contributed by atoms with van der Waals surface area (Å²) in [6.07, 6.45) is 3.27. The molecule has 0 aromatic heterocycles. The molecule has 2 aliphatic heterocycles. The molecular weight excluding hydrogens is 318 g/mol. The molecular formula is C18H37N5O2. The van der Waals surface area contributed by atoms with Gasteiger partial charge in [-0.2, -0.15) is 0 Å². The van der Waals surface area contributed by atoms with Crippen molar-refractivity contribution in [2.75, 3.05) is 80.3 Å². The number of hydrogen-bond donors (Lipinski definition) is 2. The van der Waals surface area contributed by atoms with E-state index in [0.717, 1.165) is 84.4 Å². The Balaban J connectivity index is 1.51. The van der Waals surface area contributed by atoms with Gasteiger partial charge in [-0.3, -0.25) is 9.89 Å². The fourth-order valence-electron chi connectivity index (χ4n) is 3.30. The van der Waals surface area contributed by atoms with Gasteiger partial charge in [-0.05, 0) is 39.3 Å². The lowest BCUT2D eigenvalue weighted by atomic mass is 10.0. The number of guanidine groups is 1. The average molecular weight is 356 g/mol. The van der Waals surface area contributed by atoms with Gasteiger partial charge in [-0.15, -0.1) is 0 Å². The van der Waals surface area contributed by atoms with E-state index < -0.39 is 0 Å². The number of aliphatic imine (C=N–C) groups is 1. The summed E-state index contributed by atoms with van der Waals surface area (Å²) >= 11 is 0. The van der Waals surface area contributed by atoms with Crippen molar-refractivity contribution in [1.82, 2.24) is 20.4 Å². The van der Waals surface area contributed by atoms with E-state index in [2.05, 4.69) is 39.5 Å². The van der Waals surface area contributed by atoms with Crippen molar-refractivity contribution in [2.24, 2.45) is 10.9 Å². The third-order valence-electron chi connectivity index (χ3n) is 5.16. The Morgan fingerprint density at radius 1 is 1.20 bits per heavy atom. The molecule has 0 saturated carbocycles. The molecule has 7 nitrogen and oxygen atoms in total. The van der Waals surface area contributed by atoms with E-state index in [1.807, 2.05) is 7.05 Å². The van der Waals surface area contributed by atoms with Crippen molar-refractivity contribution in [2.45, 2.75) is 25.3 Å². The van der Waals surface area contributed by atoms with Crippen LogP contribution in [0.25, 0.3) is 0 Å². The summed E-state index contributed by atoms with van der Waals surface area (Å²) in [5.74, 6) is 1.56. The van der Waals surface area contributed by atoms with Crippen molar-refractivity contribution in [3.63, 3.8) is 0 Å². The van der Waals surface area contributed by atoms with Gasteiger partial charge in [0.2, 0.25) is 0 Å². The number of rotatable bonds is 8. The van der Waals surface area contributed by atoms with Crippen LogP contribution in [0, 0.1) is 5.92 Å². The number of likely N-dealkylation sites (N-methyl/N-ethyl adjacent to an activating group) is 2. The molecule has 0 aromatic carbocycles. The van der Waals surface area contributed by atoms with Crippen LogP contribution in [0.5, 0.6) is 0 Å². The predicted octanol–water partition coefficient (Wildman–Crippen LogP) is 0.231. The molecule has 2 saturated heterocycles. The second-order valence-corrected chi connectivity index (χ2v) is 7.26. The summed E-state index contributed by atoms with van der Waals surface area (Å²) < 4.78 is 11.2. The minimum atomic E-state index is 0.528. The number of ether oxygens (including phenoxy) is 2. The molecule has 0 amide bonds. The van der Waals surface area contributed by atoms with E-state index in [1.54, 1.807) is 0 Å². The lowest BCUT2D eigenvalue weighted by Gasteiger charge is -2.37. The Labute approximate surface area is 153 Å². The van der Waals surface area contributed by atoms with E-state index in [0.29, 0.717) is 12.0 Å². The zero-order chi connectivity index (χ0) is 17.9. The molecule has 0 aliphatic carbocycles. The zero-order valence-electron chi connectivity index (χ0n) is 16.3. The molecule has 2 aliphatic rings. The van der Waals surface area contributed by atoms with Crippen molar-refractivity contribution in [3.05, 3.63) is 0 Å². The SMILES string of the molecule is CN=C(NCCCOCC1CCOCC1)NCC1CN(C)CCN1C. The first-order valence-corrected chi connectivity index (χ1v) is 9.68. The molecule has 146 valence electrons. The third-order valence-corrected chi connectivity index (χ3v) is 5.16. The minimum Gasteiger partial charge on any atom is -0.381 e. The monoisotopic (exact) mass is 355 g/mol. The highest BCUT2D eigenvalue weighted by atomic mass is 16.5. The van der Waals surface area contributed by atoms with Gasteiger partial charge in [0.15, 0.2) is 5.96 Å². The molecule has 7 heteroatoms. The van der Waals surface area contributed by atoms with Crippen molar-refractivity contribution >= 4 is 5.96 Å². The standard InChI is InChI=1S/C18H37N5O2/c1-19-18(21-13-17-14-22(2)8-9-23(17)3)20-7-4-10-25-15-16-5-11-24-12-6-16/h16-17H,4-15H2,1-3H3,(H2,19,20,21). The first-order chi connectivity index (χ1) is 12.2. The average Bonchev–Trinajstić information content (AvgIpc) is 2.64. The van der Waals surface area contributed by atoms with Crippen LogP contribution in [0.15, 0.2) is 4.99 Å². The second kappa shape index (κ2) is 11.7. The minimum absolute atomic E-state index is 0.528. The first kappa shape index (κ1) is 20.4. The topological polar surface area (TPSA) is 61.4 Å². The summed E-state index contributed by atoms with van der Waals surface area (Å²) in [7, 11) is 6.21. The summed E-state index contributed by atoms with van der Waals surface area (Å²) in [6, 6.07) is 0.528. The predicted molar refractivity (Wildman–Crippen MR) is 102 cm³/mol. The Hall–Kier alpha value is -0.890. The van der Waals surface area contributed by atoms with Crippen LogP contribution in [0.3, 0.4) is 0 Å². The highest BCUT2D eigenvalue weighted by molar-refractivity contribution is 5.79. The Kier molecular flexibility index (Phi) is 9.54. The summed E-state index contributed by atoms with van der Waals surface area (Å²) in [6.45, 7) is 8.63. The summed E-state index contributed by atoms with van der Waals surface area (Å²) in [5, 5.41) is 6.83. The van der Waals surface area contributed by atoms with Crippen molar-refractivity contribution in [1.29, 1.82) is 0 Å². The molecule has 1 unspecified atom stereocenters. The van der Waals surface area contributed by atoms with Gasteiger partial charge in [-0.25, -0.2) is 0 Å². The van der Waals surface area contributed by atoms with Crippen LogP contribution in [-0.2, 0) is 9.47 Å². The molecule has 0 spiro atoms. The Morgan fingerprint density at radius 2 is 2.00 bits per heavy atom. The van der Waals surface area contributed by atoms with Crippen LogP contribution < -0.4 is 10.6 Å². The van der Waals surface area contributed by atoms with Gasteiger partial charge in [0.1, 0.15) is 0 Å². The number of hydrogen-bond acceptors (Lipinski definition) is 5. The fraction of sp³-hybridized carbons (Fsp3) is 0.944. The summed E-state index contributed by atoms with van der Waals surface area (Å²) in [4.78, 5) is 9.12. The van der Waals surface area contributed by atoms with Gasteiger partial charge in [0, 0.05) is 72.2 Å². The van der Waals surface area contributed by atoms with Gasteiger partial charge < -0.3 is 25.0 Å². The maximum Gasteiger partial charge on any atom is 0.191 e. The molecule has 1 atom stereocenters. The Morgan fingerprint density at radius 3 is 2.76 bits per heavy atom. The normalized spacial score (nSPS) is 24.4. The molecule has 2 fully saturated rings. The van der Waals surface area contributed by atoms with E-state index in [9.17, 15) is 0 Å². The quantitative estimate of drug-likeness (QED) is 0.369. The maximum atomic E-state index is 5.80. The lowest BCUT2D eigenvalue weighted by molar-refractivity contribution is 0.0203. The van der Waals surface area contributed by atoms with E-state index in [4.69, 9.17) is 9.47 Å². The largest absolute Gasteiger partial charge is 0.381 e. The van der Waals surface area contributed by atoms with E-state index in [1.165, 1.54) is 0 Å². The van der Waals surface area contributed by atoms with Crippen LogP contribution in [-0.4, -0.2) is 102 Å². The molecule has 2 N–H and O–H groups in total. The van der Waals surface area contributed by atoms with Gasteiger partial charge >= 0.3 is 0 Å². The Bertz CT molecular complexity index is 388. The molecule has 0 bridgehead atoms. The molecule has 25 heavy (non-hydrogen) atoms. The van der Waals surface area contributed by atoms with Crippen LogP contribution >= 0.6 is 0 Å². The molecule has 2 heterocycles. The van der Waals surface area contributed by atoms with Gasteiger partial charge in [-0.1, -0.05) is 0 Å². The van der Waals surface area contributed by atoms with Crippen molar-refractivity contribution < 1.29 is 9.47 Å². The second-order valence-electron chi connectivity index (χ2n) is 7.26. The van der Waals surface area contributed by atoms with E-state index in [-0.39, 0.29) is 0 Å². The lowest BCUT2D eigenvalue weighted by Crippen LogP contribution is -2.55. The van der Waals surface area contributed by atoms with Crippen LogP contribution in [0.4, 0.5) is 0 Å². The fourth-order valence-corrected chi connectivity index (χ4v) is 3.30. The van der Waals surface area contributed by atoms with Crippen LogP contribution in [0.2, 0.25) is 0 Å². The first-order valence-electron chi connectivity index (χ1n) is 9.68.